The molecule has 9 heteroatoms. The van der Waals surface area contributed by atoms with Gasteiger partial charge < -0.3 is 9.80 Å². The van der Waals surface area contributed by atoms with Crippen molar-refractivity contribution in [3.63, 3.8) is 0 Å². The molecule has 66 heavy (non-hydrogen) atoms. The van der Waals surface area contributed by atoms with Gasteiger partial charge in [-0.2, -0.15) is 31.6 Å². The number of anilines is 6. The summed E-state index contributed by atoms with van der Waals surface area (Å²) in [7, 11) is 0. The van der Waals surface area contributed by atoms with Crippen LogP contribution in [0, 0.1) is 122 Å². The molecule has 0 aromatic heterocycles. The molecule has 0 aliphatic carbocycles. The Hall–Kier alpha value is -6.01. The molecule has 0 N–H and O–H groups in total. The average Bonchev–Trinajstić information content (AvgIpc) is 3.28. The predicted octanol–water partition coefficient (Wildman–Crippen LogP) is 16.9. The Bertz CT molecular complexity index is 3020. The number of hydrogen-bond acceptors (Lipinski definition) is 3. The first kappa shape index (κ1) is 46.5. The van der Waals surface area contributed by atoms with E-state index in [0.29, 0.717) is 18.5 Å². The normalized spacial score (nSPS) is 13.4. The highest BCUT2D eigenvalue weighted by molar-refractivity contribution is 6.02. The van der Waals surface area contributed by atoms with Gasteiger partial charge in [-0.05, 0) is 252 Å². The van der Waals surface area contributed by atoms with Gasteiger partial charge in [-0.3, -0.25) is 0 Å². The monoisotopic (exact) mass is 897 g/mol. The Morgan fingerprint density at radius 2 is 0.697 bits per heavy atom. The Labute approximate surface area is 385 Å². The van der Waals surface area contributed by atoms with Gasteiger partial charge in [0.25, 0.3) is 0 Å². The highest BCUT2D eigenvalue weighted by Crippen LogP contribution is 2.58. The van der Waals surface area contributed by atoms with Crippen LogP contribution in [0.5, 0.6) is 0 Å². The van der Waals surface area contributed by atoms with Gasteiger partial charge in [-0.15, -0.1) is 0 Å². The van der Waals surface area contributed by atoms with Crippen molar-refractivity contribution in [2.45, 2.75) is 136 Å². The maximum atomic E-state index is 14.8. The number of benzene rings is 6. The van der Waals surface area contributed by atoms with Crippen molar-refractivity contribution >= 4 is 34.1 Å². The van der Waals surface area contributed by atoms with Crippen LogP contribution < -0.4 is 9.80 Å². The first-order chi connectivity index (χ1) is 30.7. The number of fused-ring (bicyclic) bond motifs is 4. The molecule has 2 heterocycles. The molecule has 342 valence electrons. The number of rotatable bonds is 3. The van der Waals surface area contributed by atoms with Crippen LogP contribution in [-0.4, -0.2) is 0 Å². The van der Waals surface area contributed by atoms with Crippen molar-refractivity contribution in [3.8, 4) is 17.2 Å². The number of hydrogen-bond donors (Lipinski definition) is 0. The molecule has 2 aliphatic rings. The smallest absolute Gasteiger partial charge is 0.308 e. The number of nitrogens with zero attached hydrogens (tertiary/aromatic N) is 3. The Kier molecular flexibility index (Phi) is 11.0. The topological polar surface area (TPSA) is 30.3 Å². The largest absolute Gasteiger partial charge is 0.416 e. The number of alkyl halides is 6. The quantitative estimate of drug-likeness (QED) is 0.166. The van der Waals surface area contributed by atoms with Gasteiger partial charge in [0.1, 0.15) is 11.6 Å². The van der Waals surface area contributed by atoms with Crippen LogP contribution in [0.2, 0.25) is 0 Å². The van der Waals surface area contributed by atoms with E-state index in [-0.39, 0.29) is 28.4 Å². The second-order valence-corrected chi connectivity index (χ2v) is 19.1. The minimum atomic E-state index is -5.10. The second kappa shape index (κ2) is 15.5. The summed E-state index contributed by atoms with van der Waals surface area (Å²) in [6.07, 6.45) is -8.98. The Balaban J connectivity index is 1.66. The molecular weight excluding hydrogens is 841 g/mol. The molecule has 6 aromatic carbocycles. The first-order valence-corrected chi connectivity index (χ1v) is 22.5. The number of nitriles is 1. The van der Waals surface area contributed by atoms with Crippen LogP contribution in [0.15, 0.2) is 30.3 Å². The van der Waals surface area contributed by atoms with Crippen molar-refractivity contribution in [1.29, 1.82) is 5.26 Å². The summed E-state index contributed by atoms with van der Waals surface area (Å²) in [4.78, 5) is 4.21. The lowest BCUT2D eigenvalue weighted by Gasteiger charge is -2.43. The zero-order valence-corrected chi connectivity index (χ0v) is 40.9. The molecule has 0 bridgehead atoms. The third kappa shape index (κ3) is 6.60. The van der Waals surface area contributed by atoms with Gasteiger partial charge in [0.05, 0.1) is 45.3 Å². The zero-order valence-electron chi connectivity index (χ0n) is 40.9. The fourth-order valence-corrected chi connectivity index (χ4v) is 11.1. The molecular formula is C57H57F6N3. The Morgan fingerprint density at radius 3 is 1.00 bits per heavy atom. The van der Waals surface area contributed by atoms with E-state index in [9.17, 15) is 31.6 Å². The molecule has 0 amide bonds. The fraction of sp³-hybridized carbons (Fsp3) is 0.351. The third-order valence-electron chi connectivity index (χ3n) is 16.4. The van der Waals surface area contributed by atoms with E-state index in [1.807, 2.05) is 32.6 Å². The Morgan fingerprint density at radius 1 is 0.394 bits per heavy atom. The van der Waals surface area contributed by atoms with E-state index < -0.39 is 23.5 Å². The fourth-order valence-electron chi connectivity index (χ4n) is 11.1. The molecule has 8 rings (SSSR count). The lowest BCUT2D eigenvalue weighted by molar-refractivity contribution is -0.143. The van der Waals surface area contributed by atoms with Crippen LogP contribution in [0.25, 0.3) is 11.1 Å². The predicted molar refractivity (Wildman–Crippen MR) is 257 cm³/mol. The van der Waals surface area contributed by atoms with Gasteiger partial charge in [-0.1, -0.05) is 6.07 Å². The maximum absolute atomic E-state index is 14.8. The molecule has 0 atom stereocenters. The zero-order chi connectivity index (χ0) is 48.7. The summed E-state index contributed by atoms with van der Waals surface area (Å²) in [6.45, 7) is 33.3. The summed E-state index contributed by atoms with van der Waals surface area (Å²) in [5.41, 5.74) is 22.4. The molecule has 6 aromatic rings. The van der Waals surface area contributed by atoms with E-state index in [2.05, 4.69) is 94.1 Å². The van der Waals surface area contributed by atoms with Crippen LogP contribution in [0.1, 0.15) is 128 Å². The van der Waals surface area contributed by atoms with Gasteiger partial charge in [0.15, 0.2) is 0 Å². The summed E-state index contributed by atoms with van der Waals surface area (Å²) in [6, 6.07) is 7.73. The van der Waals surface area contributed by atoms with Crippen molar-refractivity contribution in [2.24, 2.45) is 0 Å². The maximum Gasteiger partial charge on any atom is 0.416 e. The molecule has 0 fully saturated rings. The van der Waals surface area contributed by atoms with Crippen molar-refractivity contribution in [3.05, 3.63) is 158 Å². The van der Waals surface area contributed by atoms with Gasteiger partial charge in [0.2, 0.25) is 0 Å². The van der Waals surface area contributed by atoms with Gasteiger partial charge >= 0.3 is 12.4 Å². The summed E-state index contributed by atoms with van der Waals surface area (Å²) < 4.78 is 88.9. The van der Waals surface area contributed by atoms with Gasteiger partial charge in [0, 0.05) is 18.4 Å². The summed E-state index contributed by atoms with van der Waals surface area (Å²) >= 11 is 0. The average molecular weight is 898 g/mol. The highest BCUT2D eigenvalue weighted by Gasteiger charge is 2.41. The van der Waals surface area contributed by atoms with Crippen LogP contribution >= 0.6 is 0 Å². The van der Waals surface area contributed by atoms with E-state index in [1.54, 1.807) is 12.1 Å². The van der Waals surface area contributed by atoms with E-state index in [4.69, 9.17) is 0 Å². The first-order valence-electron chi connectivity index (χ1n) is 22.5. The molecule has 3 nitrogen and oxygen atoms in total. The highest BCUT2D eigenvalue weighted by atomic mass is 19.4. The van der Waals surface area contributed by atoms with Crippen LogP contribution in [0.3, 0.4) is 0 Å². The molecule has 0 saturated carbocycles. The SMILES string of the molecule is Cc1c(C)c(C)c2c(c1C)Cc1c(C)c(C)c(C)c(C)c1N2c1ccc(-c2cc(C(F)(F)F)cc(C(F)(F)F)c2)c(N2c3c(C)c(C)c(C)c(C)c3Cc3c(C)c(C)c(C)c(C)c32)c1C#N. The van der Waals surface area contributed by atoms with E-state index >= 15 is 0 Å². The standard InChI is InChI=1S/C57H57F6N3/c1-25-29(5)37(13)51-45(33(25)9)22-46-34(10)26(2)30(6)38(14)52(46)65(51)50-18-17-44(41-19-42(56(58,59)60)21-43(20-41)57(61,62)63)55(49(50)24-64)66-53-39(15)31(7)27(3)35(11)47(53)23-48-36(12)28(4)32(8)40(16)54(48)66/h17-21H,22-23H2,1-16H3. The summed E-state index contributed by atoms with van der Waals surface area (Å²) in [5.74, 6) is 0. The van der Waals surface area contributed by atoms with Gasteiger partial charge in [-0.25, -0.2) is 0 Å². The lowest BCUT2D eigenvalue weighted by Crippen LogP contribution is -2.28. The van der Waals surface area contributed by atoms with Crippen LogP contribution in [-0.2, 0) is 25.2 Å². The van der Waals surface area contributed by atoms with Crippen molar-refractivity contribution < 1.29 is 26.3 Å². The van der Waals surface area contributed by atoms with E-state index in [0.717, 1.165) is 135 Å². The minimum absolute atomic E-state index is 0.0784. The van der Waals surface area contributed by atoms with Crippen molar-refractivity contribution in [1.82, 2.24) is 0 Å². The third-order valence-corrected chi connectivity index (χ3v) is 16.4. The molecule has 0 unspecified atom stereocenters. The molecule has 0 saturated heterocycles. The van der Waals surface area contributed by atoms with Crippen LogP contribution in [0.4, 0.5) is 60.5 Å². The van der Waals surface area contributed by atoms with Crippen molar-refractivity contribution in [2.75, 3.05) is 9.80 Å². The minimum Gasteiger partial charge on any atom is -0.308 e. The van der Waals surface area contributed by atoms with E-state index in [1.165, 1.54) is 11.1 Å². The molecule has 0 spiro atoms. The second-order valence-electron chi connectivity index (χ2n) is 19.1. The molecule has 0 radical (unpaired) electrons. The number of halogens is 6. The molecule has 2 aliphatic heterocycles. The summed E-state index contributed by atoms with van der Waals surface area (Å²) in [5, 5.41) is 12.0. The lowest BCUT2D eigenvalue weighted by atomic mass is 9.79.